The summed E-state index contributed by atoms with van der Waals surface area (Å²) in [5, 5.41) is 0. The fourth-order valence-electron chi connectivity index (χ4n) is 8.74. The van der Waals surface area contributed by atoms with Gasteiger partial charge in [0.15, 0.2) is 11.2 Å². The van der Waals surface area contributed by atoms with Crippen molar-refractivity contribution in [2.45, 2.75) is 145 Å². The van der Waals surface area contributed by atoms with Gasteiger partial charge in [-0.3, -0.25) is 64.1 Å². The molecule has 0 spiro atoms. The van der Waals surface area contributed by atoms with E-state index < -0.39 is 171 Å². The van der Waals surface area contributed by atoms with Gasteiger partial charge in [0.2, 0.25) is 5.95 Å². The maximum atomic E-state index is 13.3. The number of anilines is 1. The van der Waals surface area contributed by atoms with Gasteiger partial charge in [-0.15, -0.1) is 0 Å². The molecule has 0 amide bonds. The van der Waals surface area contributed by atoms with E-state index >= 15 is 0 Å². The van der Waals surface area contributed by atoms with Crippen LogP contribution >= 0.6 is 46.9 Å². The predicted octanol–water partition coefficient (Wildman–Crippen LogP) is 1.95. The van der Waals surface area contributed by atoms with Gasteiger partial charge in [0.1, 0.15) is 67.3 Å². The van der Waals surface area contributed by atoms with Gasteiger partial charge in [-0.2, -0.15) is 4.98 Å². The fourth-order valence-corrected chi connectivity index (χ4v) is 13.9. The summed E-state index contributed by atoms with van der Waals surface area (Å²) in [7, 11) is -29.6. The number of hydrogen-bond donors (Lipinski definition) is 9. The first-order valence-electron chi connectivity index (χ1n) is 23.3. The number of aromatic amines is 1. The van der Waals surface area contributed by atoms with Crippen LogP contribution < -0.4 is 11.3 Å². The van der Waals surface area contributed by atoms with E-state index in [1.807, 2.05) is 0 Å². The van der Waals surface area contributed by atoms with Crippen molar-refractivity contribution in [3.05, 3.63) is 16.7 Å². The highest BCUT2D eigenvalue weighted by Gasteiger charge is 2.48. The number of phosphoric ester groups is 6. The number of H-pyrrole nitrogens is 1. The quantitative estimate of drug-likeness (QED) is 0.0550. The van der Waals surface area contributed by atoms with E-state index in [0.717, 1.165) is 6.33 Å². The number of nitrogens with one attached hydrogen (secondary N) is 1. The van der Waals surface area contributed by atoms with Gasteiger partial charge >= 0.3 is 46.9 Å². The van der Waals surface area contributed by atoms with Crippen LogP contribution in [0.25, 0.3) is 11.2 Å². The van der Waals surface area contributed by atoms with Crippen LogP contribution in [0, 0.1) is 0 Å². The molecule has 7 rings (SSSR count). The second-order valence-corrected chi connectivity index (χ2v) is 26.2. The van der Waals surface area contributed by atoms with Crippen molar-refractivity contribution in [1.82, 2.24) is 19.5 Å². The Balaban J connectivity index is 0.874. The number of imidazole rings is 1. The Labute approximate surface area is 431 Å². The number of aromatic nitrogens is 4. The third-order valence-corrected chi connectivity index (χ3v) is 17.6. The largest absolute Gasteiger partial charge is 0.472 e. The molecular formula is C35H61N5O30P6. The molecule has 0 saturated carbocycles. The number of fused-ring (bicyclic) bond motifs is 1. The first kappa shape index (κ1) is 62.2. The predicted molar refractivity (Wildman–Crippen MR) is 249 cm³/mol. The lowest BCUT2D eigenvalue weighted by atomic mass is 10.1. The van der Waals surface area contributed by atoms with Crippen molar-refractivity contribution >= 4 is 64.0 Å². The zero-order valence-corrected chi connectivity index (χ0v) is 46.1. The smallest absolute Gasteiger partial charge is 0.373 e. The standard InChI is InChI=1S/C35H61N5O30P6/c1-5-56-72(45,46)67-22-8-18(2)62-27(22)15-60-75(51,52)69-24-10-20(4)64-29(24)16-61-76(53,54)68-23-9-19(3)63-28(23)14-59-73(47,48)66-21-6-7-55-26(21)12-58-74(49,50)70-25-11-31(65-30(25)13-57-71(42,43)44)40-17-37-32-33(40)38-35(36)39-34(32)41/h17-31H,5-16H2,1-4H3,(H,45,46)(H,47,48)(H,49,50)(H,51,52)(H,53,54)(H2,42,43,44)(H3,36,38,39,41). The van der Waals surface area contributed by atoms with Crippen LogP contribution in [0.5, 0.6) is 0 Å². The van der Waals surface area contributed by atoms with Crippen LogP contribution in [-0.2, 0) is 101 Å². The van der Waals surface area contributed by atoms with E-state index in [0.29, 0.717) is 0 Å². The number of rotatable bonds is 28. The maximum Gasteiger partial charge on any atom is 0.472 e. The Morgan fingerprint density at radius 2 is 0.987 bits per heavy atom. The van der Waals surface area contributed by atoms with E-state index in [2.05, 4.69) is 19.5 Å². The molecule has 5 saturated heterocycles. The first-order chi connectivity index (χ1) is 35.4. The molecule has 7 heterocycles. The molecule has 5 aliphatic heterocycles. The van der Waals surface area contributed by atoms with Crippen LogP contribution in [-0.4, -0.2) is 179 Å². The van der Waals surface area contributed by atoms with E-state index in [-0.39, 0.29) is 62.4 Å². The summed E-state index contributed by atoms with van der Waals surface area (Å²) >= 11 is 0. The highest BCUT2D eigenvalue weighted by molar-refractivity contribution is 7.48. The van der Waals surface area contributed by atoms with Crippen molar-refractivity contribution in [1.29, 1.82) is 0 Å². The third kappa shape index (κ3) is 17.8. The van der Waals surface area contributed by atoms with E-state index in [9.17, 15) is 66.4 Å². The van der Waals surface area contributed by atoms with Gasteiger partial charge in [-0.1, -0.05) is 0 Å². The average molecular weight is 1220 g/mol. The molecule has 41 heteroatoms. The van der Waals surface area contributed by atoms with Crippen molar-refractivity contribution in [2.75, 3.05) is 52.0 Å². The van der Waals surface area contributed by atoms with Crippen LogP contribution in [0.3, 0.4) is 0 Å². The summed E-state index contributed by atoms with van der Waals surface area (Å²) in [4.78, 5) is 94.0. The molecule has 10 N–H and O–H groups in total. The lowest BCUT2D eigenvalue weighted by Gasteiger charge is -2.26. The molecule has 5 aliphatic rings. The SMILES string of the molecule is CCOP(=O)(O)OC1CC(C)OC1COP(=O)(O)OC1CC(C)OC1COP(=O)(O)OC1CC(C)OC1COP(=O)(O)OC1CCOC1COP(=O)(O)OC1CC(n2cnc3c(=O)[nH]c(N)nc32)OC1COP(=O)(O)O. The summed E-state index contributed by atoms with van der Waals surface area (Å²) < 4.78 is 163. The number of nitrogens with two attached hydrogens (primary N) is 1. The third-order valence-electron chi connectivity index (χ3n) is 11.9. The minimum Gasteiger partial charge on any atom is -0.373 e. The number of hydrogen-bond acceptors (Lipinski definition) is 26. The molecule has 76 heavy (non-hydrogen) atoms. The van der Waals surface area contributed by atoms with Crippen molar-refractivity contribution in [3.8, 4) is 0 Å². The molecule has 436 valence electrons. The molecule has 19 atom stereocenters. The summed E-state index contributed by atoms with van der Waals surface area (Å²) in [5.74, 6) is -0.270. The van der Waals surface area contributed by atoms with E-state index in [1.165, 1.54) is 11.5 Å². The van der Waals surface area contributed by atoms with Crippen molar-refractivity contribution in [2.24, 2.45) is 0 Å². The summed E-state index contributed by atoms with van der Waals surface area (Å²) in [6.45, 7) is 2.47. The molecule has 2 aromatic heterocycles. The van der Waals surface area contributed by atoms with Gasteiger partial charge in [-0.25, -0.2) is 32.4 Å². The normalized spacial score (nSPS) is 35.2. The Bertz CT molecular complexity index is 2660. The van der Waals surface area contributed by atoms with Gasteiger partial charge in [0.25, 0.3) is 5.56 Å². The summed E-state index contributed by atoms with van der Waals surface area (Å²) in [5.41, 5.74) is 4.80. The summed E-state index contributed by atoms with van der Waals surface area (Å²) in [6, 6.07) is 0. The maximum absolute atomic E-state index is 13.3. The average Bonchev–Trinajstić information content (AvgIpc) is 4.16. The van der Waals surface area contributed by atoms with E-state index in [4.69, 9.17) is 74.7 Å². The van der Waals surface area contributed by atoms with Gasteiger partial charge in [0, 0.05) is 38.7 Å². The Kier molecular flexibility index (Phi) is 20.8. The number of ether oxygens (including phenoxy) is 5. The lowest BCUT2D eigenvalue weighted by Crippen LogP contribution is -2.32. The van der Waals surface area contributed by atoms with Crippen LogP contribution in [0.1, 0.15) is 66.0 Å². The topological polar surface area (TPSA) is 481 Å². The Morgan fingerprint density at radius 1 is 0.592 bits per heavy atom. The minimum atomic E-state index is -5.13. The number of nitrogen functional groups attached to an aromatic ring is 1. The van der Waals surface area contributed by atoms with E-state index in [1.54, 1.807) is 20.8 Å². The Morgan fingerprint density at radius 3 is 1.43 bits per heavy atom. The molecule has 0 bridgehead atoms. The molecule has 19 unspecified atom stereocenters. The summed E-state index contributed by atoms with van der Waals surface area (Å²) in [6.07, 6.45) is -14.3. The van der Waals surface area contributed by atoms with Crippen LogP contribution in [0.15, 0.2) is 11.1 Å². The molecular weight excluding hydrogens is 1160 g/mol. The lowest BCUT2D eigenvalue weighted by molar-refractivity contribution is -0.0473. The van der Waals surface area contributed by atoms with Gasteiger partial charge < -0.3 is 63.7 Å². The zero-order valence-electron chi connectivity index (χ0n) is 40.8. The minimum absolute atomic E-state index is 0.0180. The fraction of sp³-hybridized carbons (Fsp3) is 0.857. The highest BCUT2D eigenvalue weighted by atomic mass is 31.2. The van der Waals surface area contributed by atoms with Gasteiger partial charge in [-0.05, 0) is 27.7 Å². The van der Waals surface area contributed by atoms with Crippen molar-refractivity contribution in [3.63, 3.8) is 0 Å². The molecule has 0 aliphatic carbocycles. The van der Waals surface area contributed by atoms with Crippen LogP contribution in [0.2, 0.25) is 0 Å². The Hall–Kier alpha value is -1.39. The molecule has 2 aromatic rings. The second-order valence-electron chi connectivity index (χ2n) is 17.9. The first-order valence-corrected chi connectivity index (χ1v) is 32.3. The van der Waals surface area contributed by atoms with Crippen LogP contribution in [0.4, 0.5) is 5.95 Å². The second kappa shape index (κ2) is 25.4. The molecule has 5 fully saturated rings. The molecule has 0 radical (unpaired) electrons. The number of phosphoric acid groups is 6. The zero-order chi connectivity index (χ0) is 55.6. The molecule has 0 aromatic carbocycles. The van der Waals surface area contributed by atoms with Gasteiger partial charge in [0.05, 0.1) is 64.3 Å². The monoisotopic (exact) mass is 1220 g/mol. The number of nitrogens with zero attached hydrogens (tertiary/aromatic N) is 3. The molecule has 35 nitrogen and oxygen atoms in total. The van der Waals surface area contributed by atoms with Crippen molar-refractivity contribution < 1.29 is 135 Å². The highest BCUT2D eigenvalue weighted by Crippen LogP contribution is 2.54.